The van der Waals surface area contributed by atoms with E-state index >= 15 is 0 Å². The number of hydrogen-bond donors (Lipinski definition) is 2. The van der Waals surface area contributed by atoms with Gasteiger partial charge in [0.25, 0.3) is 5.91 Å². The molecule has 5 amide bonds. The van der Waals surface area contributed by atoms with Crippen molar-refractivity contribution in [3.63, 3.8) is 0 Å². The third-order valence-corrected chi connectivity index (χ3v) is 6.95. The summed E-state index contributed by atoms with van der Waals surface area (Å²) in [5.74, 6) is -3.70. The molecule has 2 aromatic carbocycles. The van der Waals surface area contributed by atoms with Gasteiger partial charge in [-0.1, -0.05) is 18.2 Å². The Kier molecular flexibility index (Phi) is 8.04. The maximum atomic E-state index is 13.6. The summed E-state index contributed by atoms with van der Waals surface area (Å²) in [6.07, 6.45) is -5.63. The largest absolute Gasteiger partial charge is 0.427 e. The van der Waals surface area contributed by atoms with Crippen molar-refractivity contribution in [3.05, 3.63) is 65.0 Å². The van der Waals surface area contributed by atoms with E-state index in [-0.39, 0.29) is 18.5 Å². The van der Waals surface area contributed by atoms with Crippen LogP contribution in [0.15, 0.2) is 42.5 Å². The second-order valence-electron chi connectivity index (χ2n) is 9.78. The van der Waals surface area contributed by atoms with E-state index in [2.05, 4.69) is 10.6 Å². The van der Waals surface area contributed by atoms with Gasteiger partial charge in [-0.05, 0) is 48.7 Å². The van der Waals surface area contributed by atoms with E-state index in [0.29, 0.717) is 33.0 Å². The minimum absolute atomic E-state index is 0.0458. The van der Waals surface area contributed by atoms with Gasteiger partial charge in [-0.3, -0.25) is 24.5 Å². The average molecular weight is 579 g/mol. The van der Waals surface area contributed by atoms with Crippen molar-refractivity contribution in [2.75, 3.05) is 18.4 Å². The summed E-state index contributed by atoms with van der Waals surface area (Å²) < 4.78 is 59.6. The lowest BCUT2D eigenvalue weighted by molar-refractivity contribution is -0.187. The molecule has 0 aromatic heterocycles. The number of ether oxygens (including phenoxy) is 1. The minimum Gasteiger partial charge on any atom is -0.427 e. The average Bonchev–Trinajstić information content (AvgIpc) is 3.37. The van der Waals surface area contributed by atoms with Gasteiger partial charge in [-0.25, -0.2) is 14.1 Å². The number of carbonyl (C=O) groups is 5. The van der Waals surface area contributed by atoms with Crippen LogP contribution >= 0.6 is 0 Å². The van der Waals surface area contributed by atoms with Gasteiger partial charge in [0.1, 0.15) is 18.4 Å². The predicted molar refractivity (Wildman–Crippen MR) is 134 cm³/mol. The molecule has 218 valence electrons. The number of carbonyl (C=O) groups excluding carboxylic acids is 5. The van der Waals surface area contributed by atoms with E-state index in [1.54, 1.807) is 6.07 Å². The van der Waals surface area contributed by atoms with Crippen LogP contribution in [0.5, 0.6) is 0 Å². The van der Waals surface area contributed by atoms with Gasteiger partial charge < -0.3 is 15.0 Å². The molecule has 0 bridgehead atoms. The predicted octanol–water partition coefficient (Wildman–Crippen LogP) is 3.00. The van der Waals surface area contributed by atoms with Gasteiger partial charge in [-0.2, -0.15) is 13.2 Å². The number of rotatable bonds is 8. The van der Waals surface area contributed by atoms with Crippen LogP contribution in [0.25, 0.3) is 0 Å². The molecule has 1 fully saturated rings. The van der Waals surface area contributed by atoms with E-state index in [0.717, 1.165) is 19.1 Å². The molecule has 0 radical (unpaired) electrons. The van der Waals surface area contributed by atoms with E-state index < -0.39 is 66.4 Å². The van der Waals surface area contributed by atoms with E-state index in [9.17, 15) is 41.5 Å². The molecular weight excluding hydrogens is 552 g/mol. The van der Waals surface area contributed by atoms with Gasteiger partial charge in [0, 0.05) is 31.1 Å². The van der Waals surface area contributed by atoms with Crippen LogP contribution in [0.1, 0.15) is 37.0 Å². The first-order chi connectivity index (χ1) is 19.2. The number of nitrogens with one attached hydrogen (secondary N) is 2. The van der Waals surface area contributed by atoms with E-state index in [4.69, 9.17) is 4.74 Å². The van der Waals surface area contributed by atoms with Gasteiger partial charge in [0.15, 0.2) is 0 Å². The quantitative estimate of drug-likeness (QED) is 0.462. The Labute approximate surface area is 231 Å². The zero-order valence-corrected chi connectivity index (χ0v) is 22.0. The van der Waals surface area contributed by atoms with Crippen LogP contribution < -0.4 is 10.6 Å². The maximum Gasteiger partial charge on any atom is 0.418 e. The highest BCUT2D eigenvalue weighted by atomic mass is 19.4. The molecule has 41 heavy (non-hydrogen) atoms. The topological polar surface area (TPSA) is 125 Å². The van der Waals surface area contributed by atoms with E-state index in [1.165, 1.54) is 31.2 Å². The molecule has 14 heteroatoms. The monoisotopic (exact) mass is 578 g/mol. The summed E-state index contributed by atoms with van der Waals surface area (Å²) in [5, 5.41) is 4.96. The summed E-state index contributed by atoms with van der Waals surface area (Å²) in [6.45, 7) is 0.253. The molecule has 10 nitrogen and oxygen atoms in total. The summed E-state index contributed by atoms with van der Waals surface area (Å²) in [7, 11) is 0. The van der Waals surface area contributed by atoms with Gasteiger partial charge in [0.05, 0.1) is 6.54 Å². The Morgan fingerprint density at radius 2 is 1.80 bits per heavy atom. The second kappa shape index (κ2) is 11.2. The lowest BCUT2D eigenvalue weighted by Gasteiger charge is -2.31. The summed E-state index contributed by atoms with van der Waals surface area (Å²) >= 11 is 0. The van der Waals surface area contributed by atoms with Crippen LogP contribution in [0, 0.1) is 5.82 Å². The molecule has 4 rings (SSSR count). The van der Waals surface area contributed by atoms with Gasteiger partial charge in [0.2, 0.25) is 23.3 Å². The fourth-order valence-corrected chi connectivity index (χ4v) is 4.82. The third kappa shape index (κ3) is 6.15. The highest BCUT2D eigenvalue weighted by molar-refractivity contribution is 6.06. The van der Waals surface area contributed by atoms with Crippen LogP contribution in [-0.2, 0) is 42.5 Å². The molecule has 1 aliphatic carbocycles. The SMILES string of the molecule is CC(=O)NC(=O)CNc1ccc2c(c1)CC[C@@]21OC(=O)N(CC(=O)N(Cc2ccc(F)cc2)[C@@H](C)C(F)(F)F)C1=O. The number of anilines is 1. The number of halogens is 4. The Bertz CT molecular complexity index is 1400. The van der Waals surface area contributed by atoms with Crippen molar-refractivity contribution in [2.45, 2.75) is 51.1 Å². The Morgan fingerprint density at radius 3 is 2.44 bits per heavy atom. The first-order valence-corrected chi connectivity index (χ1v) is 12.5. The van der Waals surface area contributed by atoms with Crippen LogP contribution in [0.2, 0.25) is 0 Å². The van der Waals surface area contributed by atoms with Crippen LogP contribution in [0.3, 0.4) is 0 Å². The number of amides is 5. The number of nitrogens with zero attached hydrogens (tertiary/aromatic N) is 2. The molecule has 1 aliphatic heterocycles. The van der Waals surface area contributed by atoms with E-state index in [1.807, 2.05) is 0 Å². The molecular formula is C27H26F4N4O6. The number of aryl methyl sites for hydroxylation is 1. The zero-order chi connectivity index (χ0) is 30.1. The number of benzene rings is 2. The number of hydrogen-bond acceptors (Lipinski definition) is 7. The lowest BCUT2D eigenvalue weighted by Crippen LogP contribution is -2.51. The van der Waals surface area contributed by atoms with Crippen molar-refractivity contribution in [3.8, 4) is 0 Å². The Hall–Kier alpha value is -4.49. The molecule has 0 unspecified atom stereocenters. The summed E-state index contributed by atoms with van der Waals surface area (Å²) in [4.78, 5) is 63.1. The molecule has 2 atom stereocenters. The molecule has 1 spiro atoms. The lowest BCUT2D eigenvalue weighted by atomic mass is 9.94. The van der Waals surface area contributed by atoms with Crippen molar-refractivity contribution < 1.29 is 46.3 Å². The fraction of sp³-hybridized carbons (Fsp3) is 0.370. The van der Waals surface area contributed by atoms with Gasteiger partial charge in [-0.15, -0.1) is 0 Å². The number of alkyl halides is 3. The van der Waals surface area contributed by atoms with Crippen LogP contribution in [-0.4, -0.2) is 64.8 Å². The highest BCUT2D eigenvalue weighted by Gasteiger charge is 2.58. The fourth-order valence-electron chi connectivity index (χ4n) is 4.82. The Morgan fingerprint density at radius 1 is 1.12 bits per heavy atom. The maximum absolute atomic E-state index is 13.6. The number of fused-ring (bicyclic) bond motifs is 2. The van der Waals surface area contributed by atoms with Crippen molar-refractivity contribution in [2.24, 2.45) is 0 Å². The first-order valence-electron chi connectivity index (χ1n) is 12.5. The summed E-state index contributed by atoms with van der Waals surface area (Å²) in [5.41, 5.74) is -0.0398. The minimum atomic E-state index is -4.81. The smallest absolute Gasteiger partial charge is 0.418 e. The molecule has 2 aromatic rings. The Balaban J connectivity index is 1.51. The standard InChI is InChI=1S/C27H26F4N4O6/c1-15(27(29,30)31)34(13-17-3-5-19(28)6-4-17)23(38)14-35-24(39)26(41-25(35)40)10-9-18-11-20(7-8-21(18)26)32-12-22(37)33-16(2)36/h3-8,11,15,32H,9-10,12-14H2,1-2H3,(H,33,36,37)/t15-,26+/m0/s1. The molecule has 0 saturated carbocycles. The summed E-state index contributed by atoms with van der Waals surface area (Å²) in [6, 6.07) is 7.00. The second-order valence-corrected chi connectivity index (χ2v) is 9.78. The third-order valence-electron chi connectivity index (χ3n) is 6.95. The first kappa shape index (κ1) is 29.5. The molecule has 1 heterocycles. The number of imide groups is 2. The van der Waals surface area contributed by atoms with Crippen LogP contribution in [0.4, 0.5) is 28.0 Å². The molecule has 2 N–H and O–H groups in total. The van der Waals surface area contributed by atoms with Crippen molar-refractivity contribution >= 4 is 35.4 Å². The zero-order valence-electron chi connectivity index (χ0n) is 22.0. The highest BCUT2D eigenvalue weighted by Crippen LogP contribution is 2.46. The van der Waals surface area contributed by atoms with Gasteiger partial charge >= 0.3 is 12.3 Å². The van der Waals surface area contributed by atoms with Crippen molar-refractivity contribution in [1.29, 1.82) is 0 Å². The molecule has 2 aliphatic rings. The normalized spacial score (nSPS) is 18.6. The molecule has 1 saturated heterocycles. The van der Waals surface area contributed by atoms with Crippen molar-refractivity contribution in [1.82, 2.24) is 15.1 Å².